The number of hydrogen-bond donors (Lipinski definition) is 0. The summed E-state index contributed by atoms with van der Waals surface area (Å²) in [4.78, 5) is 11.9. The molecule has 5 nitrogen and oxygen atoms in total. The molecular formula is C12H17N3O2. The van der Waals surface area contributed by atoms with Crippen molar-refractivity contribution < 1.29 is 4.74 Å². The summed E-state index contributed by atoms with van der Waals surface area (Å²) in [6, 6.07) is 5.48. The molecule has 0 aliphatic heterocycles. The SMILES string of the molecule is CC(C)(C)OCCn1nc2ccccn2c1=O. The molecule has 0 aliphatic rings. The molecule has 2 aromatic rings. The zero-order chi connectivity index (χ0) is 12.5. The van der Waals surface area contributed by atoms with Crippen LogP contribution in [0.3, 0.4) is 0 Å². The first-order chi connectivity index (χ1) is 7.97. The summed E-state index contributed by atoms with van der Waals surface area (Å²) in [5, 5.41) is 4.22. The first-order valence-corrected chi connectivity index (χ1v) is 5.65. The summed E-state index contributed by atoms with van der Waals surface area (Å²) >= 11 is 0. The van der Waals surface area contributed by atoms with Crippen LogP contribution in [-0.4, -0.2) is 26.4 Å². The Labute approximate surface area is 99.6 Å². The van der Waals surface area contributed by atoms with Crippen molar-refractivity contribution >= 4 is 5.65 Å². The van der Waals surface area contributed by atoms with Crippen LogP contribution in [0.15, 0.2) is 29.2 Å². The number of pyridine rings is 1. The molecule has 0 bridgehead atoms. The zero-order valence-corrected chi connectivity index (χ0v) is 10.4. The number of hydrogen-bond acceptors (Lipinski definition) is 3. The second kappa shape index (κ2) is 4.33. The average molecular weight is 235 g/mol. The molecule has 0 unspecified atom stereocenters. The number of nitrogens with zero attached hydrogens (tertiary/aromatic N) is 3. The lowest BCUT2D eigenvalue weighted by molar-refractivity contribution is -0.00821. The van der Waals surface area contributed by atoms with Gasteiger partial charge in [0.05, 0.1) is 18.8 Å². The molecule has 5 heteroatoms. The molecule has 0 fully saturated rings. The minimum Gasteiger partial charge on any atom is -0.374 e. The van der Waals surface area contributed by atoms with Crippen molar-refractivity contribution in [3.8, 4) is 0 Å². The van der Waals surface area contributed by atoms with Crippen molar-refractivity contribution in [1.82, 2.24) is 14.2 Å². The smallest absolute Gasteiger partial charge is 0.350 e. The number of aromatic nitrogens is 3. The number of fused-ring (bicyclic) bond motifs is 1. The van der Waals surface area contributed by atoms with E-state index in [4.69, 9.17) is 4.74 Å². The fourth-order valence-electron chi connectivity index (χ4n) is 1.55. The van der Waals surface area contributed by atoms with E-state index in [-0.39, 0.29) is 11.3 Å². The first-order valence-electron chi connectivity index (χ1n) is 5.65. The highest BCUT2D eigenvalue weighted by molar-refractivity contribution is 5.35. The molecule has 0 aromatic carbocycles. The van der Waals surface area contributed by atoms with Gasteiger partial charge < -0.3 is 4.74 Å². The third-order valence-corrected chi connectivity index (χ3v) is 2.33. The summed E-state index contributed by atoms with van der Waals surface area (Å²) in [5.41, 5.74) is 0.342. The predicted octanol–water partition coefficient (Wildman–Crippen LogP) is 1.31. The van der Waals surface area contributed by atoms with Crippen molar-refractivity contribution in [2.75, 3.05) is 6.61 Å². The molecular weight excluding hydrogens is 218 g/mol. The third kappa shape index (κ3) is 2.74. The zero-order valence-electron chi connectivity index (χ0n) is 10.4. The molecule has 92 valence electrons. The van der Waals surface area contributed by atoms with Crippen molar-refractivity contribution in [3.63, 3.8) is 0 Å². The largest absolute Gasteiger partial charge is 0.374 e. The molecule has 0 radical (unpaired) electrons. The van der Waals surface area contributed by atoms with Gasteiger partial charge in [-0.15, -0.1) is 5.10 Å². The maximum Gasteiger partial charge on any atom is 0.350 e. The summed E-state index contributed by atoms with van der Waals surface area (Å²) in [5.74, 6) is 0. The highest BCUT2D eigenvalue weighted by Crippen LogP contribution is 2.06. The molecule has 0 aliphatic carbocycles. The van der Waals surface area contributed by atoms with Crippen LogP contribution in [-0.2, 0) is 11.3 Å². The lowest BCUT2D eigenvalue weighted by Crippen LogP contribution is -2.27. The van der Waals surface area contributed by atoms with Crippen LogP contribution in [0.2, 0.25) is 0 Å². The van der Waals surface area contributed by atoms with Crippen molar-refractivity contribution in [2.24, 2.45) is 0 Å². The highest BCUT2D eigenvalue weighted by atomic mass is 16.5. The molecule has 0 saturated carbocycles. The van der Waals surface area contributed by atoms with E-state index in [9.17, 15) is 4.79 Å². The Morgan fingerprint density at radius 2 is 2.12 bits per heavy atom. The Kier molecular flexibility index (Phi) is 3.02. The van der Waals surface area contributed by atoms with Gasteiger partial charge in [-0.3, -0.25) is 4.40 Å². The monoisotopic (exact) mass is 235 g/mol. The van der Waals surface area contributed by atoms with E-state index in [1.807, 2.05) is 39.0 Å². The molecule has 0 spiro atoms. The van der Waals surface area contributed by atoms with Crippen LogP contribution >= 0.6 is 0 Å². The Morgan fingerprint density at radius 3 is 2.76 bits per heavy atom. The van der Waals surface area contributed by atoms with E-state index in [0.29, 0.717) is 18.8 Å². The van der Waals surface area contributed by atoms with E-state index in [0.717, 1.165) is 0 Å². The fraction of sp³-hybridized carbons (Fsp3) is 0.500. The van der Waals surface area contributed by atoms with Crippen LogP contribution in [0.25, 0.3) is 5.65 Å². The second-order valence-corrected chi connectivity index (χ2v) is 4.90. The van der Waals surface area contributed by atoms with Gasteiger partial charge in [0.2, 0.25) is 0 Å². The first kappa shape index (κ1) is 11.9. The second-order valence-electron chi connectivity index (χ2n) is 4.90. The molecule has 0 saturated heterocycles. The molecule has 2 heterocycles. The van der Waals surface area contributed by atoms with Crippen LogP contribution in [0.5, 0.6) is 0 Å². The normalized spacial score (nSPS) is 12.2. The average Bonchev–Trinajstić information content (AvgIpc) is 2.55. The maximum atomic E-state index is 11.9. The van der Waals surface area contributed by atoms with Crippen molar-refractivity contribution in [3.05, 3.63) is 34.9 Å². The minimum absolute atomic E-state index is 0.127. The molecule has 17 heavy (non-hydrogen) atoms. The number of rotatable bonds is 3. The Bertz CT molecular complexity index is 563. The topological polar surface area (TPSA) is 48.5 Å². The molecule has 0 N–H and O–H groups in total. The van der Waals surface area contributed by atoms with Crippen molar-refractivity contribution in [1.29, 1.82) is 0 Å². The maximum absolute atomic E-state index is 11.9. The van der Waals surface area contributed by atoms with E-state index in [1.54, 1.807) is 6.20 Å². The molecule has 0 atom stereocenters. The van der Waals surface area contributed by atoms with Gasteiger partial charge in [0.1, 0.15) is 0 Å². The summed E-state index contributed by atoms with van der Waals surface area (Å²) in [7, 11) is 0. The van der Waals surface area contributed by atoms with Gasteiger partial charge in [-0.05, 0) is 32.9 Å². The van der Waals surface area contributed by atoms with Crippen LogP contribution in [0.4, 0.5) is 0 Å². The van der Waals surface area contributed by atoms with Gasteiger partial charge in [-0.2, -0.15) is 0 Å². The fourth-order valence-corrected chi connectivity index (χ4v) is 1.55. The van der Waals surface area contributed by atoms with E-state index < -0.39 is 0 Å². The molecule has 0 amide bonds. The van der Waals surface area contributed by atoms with E-state index in [1.165, 1.54) is 9.08 Å². The standard InChI is InChI=1S/C12H17N3O2/c1-12(2,3)17-9-8-15-11(16)14-7-5-4-6-10(14)13-15/h4-7H,8-9H2,1-3H3. The van der Waals surface area contributed by atoms with Crippen molar-refractivity contribution in [2.45, 2.75) is 32.9 Å². The predicted molar refractivity (Wildman–Crippen MR) is 65.2 cm³/mol. The van der Waals surface area contributed by atoms with Gasteiger partial charge in [-0.25, -0.2) is 9.48 Å². The van der Waals surface area contributed by atoms with Gasteiger partial charge >= 0.3 is 5.69 Å². The lowest BCUT2D eigenvalue weighted by Gasteiger charge is -2.18. The minimum atomic E-state index is -0.192. The van der Waals surface area contributed by atoms with Gasteiger partial charge in [-0.1, -0.05) is 6.07 Å². The molecule has 2 aromatic heterocycles. The van der Waals surface area contributed by atoms with E-state index in [2.05, 4.69) is 5.10 Å². The van der Waals surface area contributed by atoms with Gasteiger partial charge in [0.15, 0.2) is 5.65 Å². The lowest BCUT2D eigenvalue weighted by atomic mass is 10.2. The van der Waals surface area contributed by atoms with E-state index >= 15 is 0 Å². The summed E-state index contributed by atoms with van der Waals surface area (Å²) in [6.45, 7) is 6.91. The Hall–Kier alpha value is -1.62. The quantitative estimate of drug-likeness (QED) is 0.806. The third-order valence-electron chi connectivity index (χ3n) is 2.33. The van der Waals surface area contributed by atoms with Gasteiger partial charge in [0.25, 0.3) is 0 Å². The molecule has 2 rings (SSSR count). The Morgan fingerprint density at radius 1 is 1.35 bits per heavy atom. The van der Waals surface area contributed by atoms with Crippen LogP contribution < -0.4 is 5.69 Å². The highest BCUT2D eigenvalue weighted by Gasteiger charge is 2.11. The van der Waals surface area contributed by atoms with Crippen LogP contribution in [0.1, 0.15) is 20.8 Å². The Balaban J connectivity index is 2.14. The van der Waals surface area contributed by atoms with Gasteiger partial charge in [0, 0.05) is 6.20 Å². The van der Waals surface area contributed by atoms with Crippen LogP contribution in [0, 0.1) is 0 Å². The summed E-state index contributed by atoms with van der Waals surface area (Å²) in [6.07, 6.45) is 1.71. The number of ether oxygens (including phenoxy) is 1. The summed E-state index contributed by atoms with van der Waals surface area (Å²) < 4.78 is 8.53.